The highest BCUT2D eigenvalue weighted by Gasteiger charge is 2.38. The van der Waals surface area contributed by atoms with Crippen molar-refractivity contribution in [3.05, 3.63) is 29.3 Å². The molecule has 1 spiro atoms. The molecule has 3 heteroatoms. The molecule has 0 bridgehead atoms. The van der Waals surface area contributed by atoms with Gasteiger partial charge in [0.05, 0.1) is 6.61 Å². The first-order valence-electron chi connectivity index (χ1n) is 8.01. The Balaban J connectivity index is 1.42. The summed E-state index contributed by atoms with van der Waals surface area (Å²) in [6.07, 6.45) is 5.20. The minimum Gasteiger partial charge on any atom is -0.493 e. The third-order valence-electron chi connectivity index (χ3n) is 5.34. The number of ether oxygens (including phenoxy) is 1. The predicted molar refractivity (Wildman–Crippen MR) is 80.1 cm³/mol. The maximum absolute atomic E-state index is 5.59. The Hall–Kier alpha value is -1.06. The van der Waals surface area contributed by atoms with Crippen molar-refractivity contribution in [2.24, 2.45) is 5.41 Å². The van der Waals surface area contributed by atoms with E-state index >= 15 is 0 Å². The van der Waals surface area contributed by atoms with Gasteiger partial charge in [-0.2, -0.15) is 0 Å². The van der Waals surface area contributed by atoms with Gasteiger partial charge in [-0.25, -0.2) is 0 Å². The first kappa shape index (κ1) is 12.7. The van der Waals surface area contributed by atoms with Crippen LogP contribution in [0.2, 0.25) is 0 Å². The van der Waals surface area contributed by atoms with Crippen molar-refractivity contribution in [2.75, 3.05) is 32.8 Å². The Morgan fingerprint density at radius 2 is 2.10 bits per heavy atom. The molecule has 0 saturated carbocycles. The molecule has 1 aromatic carbocycles. The van der Waals surface area contributed by atoms with Crippen LogP contribution in [0.25, 0.3) is 0 Å². The largest absolute Gasteiger partial charge is 0.493 e. The Morgan fingerprint density at radius 3 is 3.00 bits per heavy atom. The normalized spacial score (nSPS) is 24.8. The van der Waals surface area contributed by atoms with Gasteiger partial charge in [-0.05, 0) is 61.5 Å². The number of hydrogen-bond acceptors (Lipinski definition) is 3. The molecule has 0 aromatic heterocycles. The molecule has 3 heterocycles. The summed E-state index contributed by atoms with van der Waals surface area (Å²) in [6, 6.07) is 6.77. The van der Waals surface area contributed by atoms with E-state index in [1.165, 1.54) is 56.6 Å². The highest BCUT2D eigenvalue weighted by Crippen LogP contribution is 2.39. The highest BCUT2D eigenvalue weighted by atomic mass is 16.5. The van der Waals surface area contributed by atoms with Gasteiger partial charge in [0.15, 0.2) is 0 Å². The standard InChI is InChI=1S/C17H24N2O/c1-2-16-15(3-10-20-16)11-14(1)12-19-9-6-17(13-19)4-7-18-8-5-17/h1-2,11,18H,3-10,12-13H2. The summed E-state index contributed by atoms with van der Waals surface area (Å²) in [4.78, 5) is 2.66. The molecule has 0 amide bonds. The van der Waals surface area contributed by atoms with Crippen molar-refractivity contribution >= 4 is 0 Å². The molecule has 0 atom stereocenters. The van der Waals surface area contributed by atoms with Crippen molar-refractivity contribution in [3.63, 3.8) is 0 Å². The molecule has 1 N–H and O–H groups in total. The zero-order chi connectivity index (χ0) is 13.4. The molecule has 0 aliphatic carbocycles. The van der Waals surface area contributed by atoms with Crippen LogP contribution in [0.4, 0.5) is 0 Å². The fourth-order valence-corrected chi connectivity index (χ4v) is 4.12. The number of nitrogens with zero attached hydrogens (tertiary/aromatic N) is 1. The van der Waals surface area contributed by atoms with Crippen LogP contribution < -0.4 is 10.1 Å². The monoisotopic (exact) mass is 272 g/mol. The lowest BCUT2D eigenvalue weighted by atomic mass is 9.78. The Labute approximate surface area is 121 Å². The lowest BCUT2D eigenvalue weighted by molar-refractivity contribution is 0.194. The summed E-state index contributed by atoms with van der Waals surface area (Å²) < 4.78 is 5.59. The second-order valence-corrected chi connectivity index (χ2v) is 6.75. The van der Waals surface area contributed by atoms with E-state index in [4.69, 9.17) is 4.74 Å². The van der Waals surface area contributed by atoms with Gasteiger partial charge < -0.3 is 10.1 Å². The molecule has 2 saturated heterocycles. The van der Waals surface area contributed by atoms with E-state index in [0.717, 1.165) is 25.3 Å². The van der Waals surface area contributed by atoms with Crippen LogP contribution in [0, 0.1) is 5.41 Å². The second-order valence-electron chi connectivity index (χ2n) is 6.75. The third kappa shape index (κ3) is 2.33. The van der Waals surface area contributed by atoms with Crippen molar-refractivity contribution in [3.8, 4) is 5.75 Å². The zero-order valence-electron chi connectivity index (χ0n) is 12.2. The summed E-state index contributed by atoms with van der Waals surface area (Å²) in [5.41, 5.74) is 3.48. The quantitative estimate of drug-likeness (QED) is 0.893. The molecular weight excluding hydrogens is 248 g/mol. The van der Waals surface area contributed by atoms with Gasteiger partial charge >= 0.3 is 0 Å². The molecule has 108 valence electrons. The predicted octanol–water partition coefficient (Wildman–Crippen LogP) is 2.20. The number of piperidine rings is 1. The molecule has 3 aliphatic heterocycles. The van der Waals surface area contributed by atoms with Crippen LogP contribution in [0.5, 0.6) is 5.75 Å². The molecular formula is C17H24N2O. The molecule has 1 aromatic rings. The summed E-state index contributed by atoms with van der Waals surface area (Å²) in [5, 5.41) is 3.50. The van der Waals surface area contributed by atoms with E-state index in [2.05, 4.69) is 28.4 Å². The lowest BCUT2D eigenvalue weighted by Crippen LogP contribution is -2.38. The summed E-state index contributed by atoms with van der Waals surface area (Å²) in [7, 11) is 0. The van der Waals surface area contributed by atoms with E-state index < -0.39 is 0 Å². The molecule has 3 nitrogen and oxygen atoms in total. The molecule has 0 unspecified atom stereocenters. The van der Waals surface area contributed by atoms with Crippen LogP contribution in [-0.4, -0.2) is 37.7 Å². The smallest absolute Gasteiger partial charge is 0.122 e. The number of fused-ring (bicyclic) bond motifs is 1. The molecule has 4 rings (SSSR count). The number of hydrogen-bond donors (Lipinski definition) is 1. The Bertz CT molecular complexity index is 494. The van der Waals surface area contributed by atoms with Gasteiger partial charge in [0.25, 0.3) is 0 Å². The van der Waals surface area contributed by atoms with Crippen molar-refractivity contribution in [2.45, 2.75) is 32.2 Å². The minimum atomic E-state index is 0.616. The average Bonchev–Trinajstić information content (AvgIpc) is 3.07. The van der Waals surface area contributed by atoms with Crippen molar-refractivity contribution in [1.82, 2.24) is 10.2 Å². The van der Waals surface area contributed by atoms with E-state index in [1.807, 2.05) is 0 Å². The Kier molecular flexibility index (Phi) is 3.20. The second kappa shape index (κ2) is 5.05. The van der Waals surface area contributed by atoms with Crippen LogP contribution in [0.1, 0.15) is 30.4 Å². The van der Waals surface area contributed by atoms with Crippen molar-refractivity contribution in [1.29, 1.82) is 0 Å². The summed E-state index contributed by atoms with van der Waals surface area (Å²) >= 11 is 0. The number of likely N-dealkylation sites (tertiary alicyclic amines) is 1. The first-order chi connectivity index (χ1) is 9.83. The van der Waals surface area contributed by atoms with Crippen molar-refractivity contribution < 1.29 is 4.74 Å². The zero-order valence-corrected chi connectivity index (χ0v) is 12.2. The fraction of sp³-hybridized carbons (Fsp3) is 0.647. The van der Waals surface area contributed by atoms with Gasteiger partial charge in [-0.3, -0.25) is 4.90 Å². The van der Waals surface area contributed by atoms with Gasteiger partial charge in [0.2, 0.25) is 0 Å². The minimum absolute atomic E-state index is 0.616. The number of rotatable bonds is 2. The number of nitrogens with one attached hydrogen (secondary N) is 1. The van der Waals surface area contributed by atoms with Crippen LogP contribution >= 0.6 is 0 Å². The highest BCUT2D eigenvalue weighted by molar-refractivity contribution is 5.39. The molecule has 0 radical (unpaired) electrons. The lowest BCUT2D eigenvalue weighted by Gasteiger charge is -2.34. The van der Waals surface area contributed by atoms with E-state index in [1.54, 1.807) is 0 Å². The van der Waals surface area contributed by atoms with Crippen LogP contribution in [0.3, 0.4) is 0 Å². The molecule has 20 heavy (non-hydrogen) atoms. The topological polar surface area (TPSA) is 24.5 Å². The van der Waals surface area contributed by atoms with Gasteiger partial charge in [0.1, 0.15) is 5.75 Å². The number of benzene rings is 1. The molecule has 2 fully saturated rings. The Morgan fingerprint density at radius 1 is 1.20 bits per heavy atom. The maximum atomic E-state index is 5.59. The van der Waals surface area contributed by atoms with Crippen LogP contribution in [0.15, 0.2) is 18.2 Å². The fourth-order valence-electron chi connectivity index (χ4n) is 4.12. The maximum Gasteiger partial charge on any atom is 0.122 e. The summed E-state index contributed by atoms with van der Waals surface area (Å²) in [6.45, 7) is 6.96. The summed E-state index contributed by atoms with van der Waals surface area (Å²) in [5.74, 6) is 1.10. The molecule has 3 aliphatic rings. The van der Waals surface area contributed by atoms with E-state index in [0.29, 0.717) is 5.41 Å². The van der Waals surface area contributed by atoms with Gasteiger partial charge in [-0.1, -0.05) is 12.1 Å². The first-order valence-corrected chi connectivity index (χ1v) is 8.01. The van der Waals surface area contributed by atoms with Gasteiger partial charge in [-0.15, -0.1) is 0 Å². The SMILES string of the molecule is c1cc2c(cc1CN1CCC3(CCNCC3)C1)CCO2. The average molecular weight is 272 g/mol. The third-order valence-corrected chi connectivity index (χ3v) is 5.34. The van der Waals surface area contributed by atoms with Gasteiger partial charge in [0, 0.05) is 19.5 Å². The van der Waals surface area contributed by atoms with E-state index in [9.17, 15) is 0 Å². The van der Waals surface area contributed by atoms with E-state index in [-0.39, 0.29) is 0 Å². The van der Waals surface area contributed by atoms with Crippen LogP contribution in [-0.2, 0) is 13.0 Å².